The van der Waals surface area contributed by atoms with E-state index in [0.29, 0.717) is 12.4 Å². The fraction of sp³-hybridized carbons (Fsp3) is 0.625. The predicted octanol–water partition coefficient (Wildman–Crippen LogP) is 0.435. The highest BCUT2D eigenvalue weighted by Crippen LogP contribution is 2.17. The van der Waals surface area contributed by atoms with Gasteiger partial charge in [0.15, 0.2) is 0 Å². The van der Waals surface area contributed by atoms with E-state index in [4.69, 9.17) is 9.47 Å². The van der Waals surface area contributed by atoms with Crippen molar-refractivity contribution in [1.29, 1.82) is 0 Å². The number of pyridine rings is 1. The topological polar surface area (TPSA) is 66.9 Å². The monoisotopic (exact) mass is 320 g/mol. The molecule has 2 aliphatic heterocycles. The molecule has 0 spiro atoms. The van der Waals surface area contributed by atoms with Crippen molar-refractivity contribution in [1.82, 2.24) is 14.8 Å². The Bertz CT molecular complexity index is 508. The smallest absolute Gasteiger partial charge is 0.215 e. The number of morpholine rings is 1. The number of carbonyl (C=O) groups excluding carboxylic acids is 1. The molecule has 0 unspecified atom stereocenters. The molecule has 1 N–H and O–H groups in total. The van der Waals surface area contributed by atoms with Gasteiger partial charge < -0.3 is 19.7 Å². The van der Waals surface area contributed by atoms with Crippen LogP contribution in [0.4, 0.5) is 5.82 Å². The minimum atomic E-state index is 0.0382. The van der Waals surface area contributed by atoms with E-state index in [1.807, 2.05) is 18.2 Å². The third-order valence-corrected chi connectivity index (χ3v) is 4.17. The van der Waals surface area contributed by atoms with Crippen molar-refractivity contribution in [3.63, 3.8) is 0 Å². The zero-order chi connectivity index (χ0) is 15.9. The molecule has 7 heteroatoms. The number of carbonyl (C=O) groups is 1. The Morgan fingerprint density at radius 2 is 2.22 bits per heavy atom. The Hall–Kier alpha value is -1.86. The summed E-state index contributed by atoms with van der Waals surface area (Å²) in [6, 6.07) is 5.74. The number of hydrogen-bond donors (Lipinski definition) is 1. The largest absolute Gasteiger partial charge is 0.472 e. The molecule has 0 radical (unpaired) electrons. The van der Waals surface area contributed by atoms with Crippen LogP contribution in [0.5, 0.6) is 5.88 Å². The molecule has 0 aromatic carbocycles. The van der Waals surface area contributed by atoms with Gasteiger partial charge in [-0.1, -0.05) is 6.07 Å². The lowest BCUT2D eigenvalue weighted by Gasteiger charge is -2.26. The molecule has 1 aromatic heterocycles. The molecule has 126 valence electrons. The molecule has 7 nitrogen and oxygen atoms in total. The summed E-state index contributed by atoms with van der Waals surface area (Å²) < 4.78 is 11.2. The number of anilines is 1. The maximum atomic E-state index is 10.7. The summed E-state index contributed by atoms with van der Waals surface area (Å²) in [6.07, 6.45) is 1.77. The van der Waals surface area contributed by atoms with Gasteiger partial charge in [-0.25, -0.2) is 0 Å². The quantitative estimate of drug-likeness (QED) is 0.735. The molecule has 3 rings (SSSR count). The van der Waals surface area contributed by atoms with Crippen LogP contribution in [0.25, 0.3) is 0 Å². The van der Waals surface area contributed by atoms with Gasteiger partial charge in [0.25, 0.3) is 0 Å². The molecule has 0 bridgehead atoms. The first kappa shape index (κ1) is 16.0. The lowest BCUT2D eigenvalue weighted by atomic mass is 10.3. The van der Waals surface area contributed by atoms with Gasteiger partial charge in [0, 0.05) is 45.2 Å². The van der Waals surface area contributed by atoms with E-state index < -0.39 is 0 Å². The lowest BCUT2D eigenvalue weighted by Crippen LogP contribution is -2.39. The summed E-state index contributed by atoms with van der Waals surface area (Å²) in [7, 11) is 0. The third kappa shape index (κ3) is 4.80. The maximum absolute atomic E-state index is 10.7. The Morgan fingerprint density at radius 3 is 3.00 bits per heavy atom. The summed E-state index contributed by atoms with van der Waals surface area (Å²) in [4.78, 5) is 19.3. The maximum Gasteiger partial charge on any atom is 0.215 e. The Balaban J connectivity index is 1.44. The van der Waals surface area contributed by atoms with Gasteiger partial charge in [0.2, 0.25) is 12.3 Å². The molecule has 1 atom stereocenters. The van der Waals surface area contributed by atoms with Crippen LogP contribution in [0.1, 0.15) is 6.42 Å². The normalized spacial score (nSPS) is 22.1. The van der Waals surface area contributed by atoms with Crippen molar-refractivity contribution in [2.24, 2.45) is 0 Å². The second kappa shape index (κ2) is 8.12. The number of aromatic nitrogens is 1. The predicted molar refractivity (Wildman–Crippen MR) is 86.7 cm³/mol. The van der Waals surface area contributed by atoms with Crippen LogP contribution in [-0.2, 0) is 9.53 Å². The molecule has 3 heterocycles. The van der Waals surface area contributed by atoms with Crippen LogP contribution < -0.4 is 10.1 Å². The van der Waals surface area contributed by atoms with Crippen molar-refractivity contribution in [3.05, 3.63) is 18.2 Å². The molecule has 2 aliphatic rings. The van der Waals surface area contributed by atoms with Crippen LogP contribution >= 0.6 is 0 Å². The van der Waals surface area contributed by atoms with E-state index in [-0.39, 0.29) is 6.10 Å². The van der Waals surface area contributed by atoms with Gasteiger partial charge in [-0.05, 0) is 6.07 Å². The van der Waals surface area contributed by atoms with Crippen LogP contribution in [0.3, 0.4) is 0 Å². The van der Waals surface area contributed by atoms with Crippen molar-refractivity contribution in [2.45, 2.75) is 12.5 Å². The van der Waals surface area contributed by atoms with Crippen LogP contribution in [0, 0.1) is 0 Å². The summed E-state index contributed by atoms with van der Waals surface area (Å²) in [5, 5.41) is 3.34. The molecule has 1 aromatic rings. The van der Waals surface area contributed by atoms with Crippen molar-refractivity contribution < 1.29 is 14.3 Å². The Morgan fingerprint density at radius 1 is 1.35 bits per heavy atom. The highest BCUT2D eigenvalue weighted by atomic mass is 16.5. The van der Waals surface area contributed by atoms with Gasteiger partial charge in [-0.2, -0.15) is 4.98 Å². The van der Waals surface area contributed by atoms with Gasteiger partial charge >= 0.3 is 0 Å². The van der Waals surface area contributed by atoms with E-state index in [2.05, 4.69) is 15.2 Å². The van der Waals surface area contributed by atoms with Gasteiger partial charge in [-0.3, -0.25) is 9.69 Å². The van der Waals surface area contributed by atoms with Gasteiger partial charge in [0.05, 0.1) is 19.8 Å². The van der Waals surface area contributed by atoms with E-state index in [9.17, 15) is 4.79 Å². The molecule has 1 amide bonds. The first-order valence-electron chi connectivity index (χ1n) is 8.20. The first-order valence-corrected chi connectivity index (χ1v) is 8.20. The highest BCUT2D eigenvalue weighted by molar-refractivity contribution is 5.47. The Labute approximate surface area is 136 Å². The summed E-state index contributed by atoms with van der Waals surface area (Å²) in [6.45, 7) is 6.85. The van der Waals surface area contributed by atoms with E-state index in [1.165, 1.54) is 0 Å². The van der Waals surface area contributed by atoms with Crippen LogP contribution in [0.2, 0.25) is 0 Å². The highest BCUT2D eigenvalue weighted by Gasteiger charge is 2.23. The van der Waals surface area contributed by atoms with Gasteiger partial charge in [0.1, 0.15) is 11.9 Å². The molecule has 23 heavy (non-hydrogen) atoms. The van der Waals surface area contributed by atoms with Crippen molar-refractivity contribution >= 4 is 12.2 Å². The molecular weight excluding hydrogens is 296 g/mol. The van der Waals surface area contributed by atoms with Crippen LogP contribution in [0.15, 0.2) is 18.2 Å². The number of nitrogens with zero attached hydrogens (tertiary/aromatic N) is 3. The second-order valence-corrected chi connectivity index (χ2v) is 5.87. The minimum Gasteiger partial charge on any atom is -0.472 e. The molecule has 0 aliphatic carbocycles. The number of hydrogen-bond acceptors (Lipinski definition) is 6. The standard InChI is InChI=1S/C16H24N4O3/c21-13-20-6-4-14(12-20)23-16-3-1-2-15(18-16)17-5-7-19-8-10-22-11-9-19/h1-3,13-14H,4-12H2,(H,17,18)/t14-/m1/s1. The Kier molecular flexibility index (Phi) is 5.65. The minimum absolute atomic E-state index is 0.0382. The summed E-state index contributed by atoms with van der Waals surface area (Å²) >= 11 is 0. The fourth-order valence-electron chi connectivity index (χ4n) is 2.86. The number of ether oxygens (including phenoxy) is 2. The number of likely N-dealkylation sites (tertiary alicyclic amines) is 1. The van der Waals surface area contributed by atoms with Crippen molar-refractivity contribution in [3.8, 4) is 5.88 Å². The SMILES string of the molecule is O=CN1CC[C@@H](Oc2cccc(NCCN3CCOCC3)n2)C1. The third-order valence-electron chi connectivity index (χ3n) is 4.17. The summed E-state index contributed by atoms with van der Waals surface area (Å²) in [5.41, 5.74) is 0. The van der Waals surface area contributed by atoms with E-state index >= 15 is 0 Å². The average molecular weight is 320 g/mol. The number of rotatable bonds is 7. The van der Waals surface area contributed by atoms with E-state index in [0.717, 1.165) is 64.6 Å². The lowest BCUT2D eigenvalue weighted by molar-refractivity contribution is -0.117. The van der Waals surface area contributed by atoms with Crippen molar-refractivity contribution in [2.75, 3.05) is 57.8 Å². The molecule has 0 saturated carbocycles. The molecular formula is C16H24N4O3. The fourth-order valence-corrected chi connectivity index (χ4v) is 2.86. The summed E-state index contributed by atoms with van der Waals surface area (Å²) in [5.74, 6) is 1.43. The zero-order valence-corrected chi connectivity index (χ0v) is 13.3. The number of nitrogens with one attached hydrogen (secondary N) is 1. The second-order valence-electron chi connectivity index (χ2n) is 5.87. The zero-order valence-electron chi connectivity index (χ0n) is 13.3. The number of amides is 1. The van der Waals surface area contributed by atoms with E-state index in [1.54, 1.807) is 4.90 Å². The molecule has 2 fully saturated rings. The molecule has 2 saturated heterocycles. The van der Waals surface area contributed by atoms with Gasteiger partial charge in [-0.15, -0.1) is 0 Å². The van der Waals surface area contributed by atoms with Crippen LogP contribution in [-0.4, -0.2) is 79.8 Å². The average Bonchev–Trinajstić information content (AvgIpc) is 3.04. The first-order chi connectivity index (χ1) is 11.3.